The van der Waals surface area contributed by atoms with E-state index in [1.165, 1.54) is 13.2 Å². The Balaban J connectivity index is 1.90. The van der Waals surface area contributed by atoms with Gasteiger partial charge in [0.25, 0.3) is 0 Å². The molecular formula is C12H15FN4O. The summed E-state index contributed by atoms with van der Waals surface area (Å²) in [7, 11) is 3.32. The maximum atomic E-state index is 13.6. The van der Waals surface area contributed by atoms with Crippen molar-refractivity contribution in [1.29, 1.82) is 0 Å². The van der Waals surface area contributed by atoms with Crippen molar-refractivity contribution in [1.82, 2.24) is 20.1 Å². The van der Waals surface area contributed by atoms with Gasteiger partial charge in [-0.1, -0.05) is 6.07 Å². The molecule has 0 aliphatic heterocycles. The fourth-order valence-corrected chi connectivity index (χ4v) is 1.57. The second-order valence-corrected chi connectivity index (χ2v) is 3.90. The zero-order valence-electron chi connectivity index (χ0n) is 10.4. The molecule has 0 saturated carbocycles. The molecule has 0 aliphatic carbocycles. The predicted molar refractivity (Wildman–Crippen MR) is 64.5 cm³/mol. The van der Waals surface area contributed by atoms with Gasteiger partial charge in [-0.05, 0) is 6.07 Å². The summed E-state index contributed by atoms with van der Waals surface area (Å²) >= 11 is 0. The van der Waals surface area contributed by atoms with Gasteiger partial charge in [-0.3, -0.25) is 4.68 Å². The lowest BCUT2D eigenvalue weighted by Gasteiger charge is -2.06. The second kappa shape index (κ2) is 5.59. The summed E-state index contributed by atoms with van der Waals surface area (Å²) < 4.78 is 20.2. The minimum absolute atomic E-state index is 0.282. The molecule has 0 unspecified atom stereocenters. The number of nitrogens with zero attached hydrogens (tertiary/aromatic N) is 3. The van der Waals surface area contributed by atoms with Crippen LogP contribution in [0.3, 0.4) is 0 Å². The van der Waals surface area contributed by atoms with E-state index >= 15 is 0 Å². The predicted octanol–water partition coefficient (Wildman–Crippen LogP) is 1.25. The maximum absolute atomic E-state index is 13.6. The summed E-state index contributed by atoms with van der Waals surface area (Å²) in [5, 5.41) is 7.21. The third-order valence-corrected chi connectivity index (χ3v) is 2.51. The first kappa shape index (κ1) is 12.5. The van der Waals surface area contributed by atoms with Gasteiger partial charge in [0.15, 0.2) is 5.82 Å². The maximum Gasteiger partial charge on any atom is 0.164 e. The lowest BCUT2D eigenvalue weighted by Crippen LogP contribution is -2.15. The number of benzene rings is 1. The Morgan fingerprint density at radius 1 is 1.39 bits per heavy atom. The molecule has 6 heteroatoms. The molecule has 1 N–H and O–H groups in total. The molecule has 0 atom stereocenters. The average Bonchev–Trinajstić information content (AvgIpc) is 2.77. The van der Waals surface area contributed by atoms with Crippen molar-refractivity contribution in [3.05, 3.63) is 41.7 Å². The highest BCUT2D eigenvalue weighted by Gasteiger charge is 2.04. The van der Waals surface area contributed by atoms with Crippen LogP contribution < -0.4 is 10.1 Å². The molecule has 0 fully saturated rings. The summed E-state index contributed by atoms with van der Waals surface area (Å²) in [6.45, 7) is 0.931. The van der Waals surface area contributed by atoms with Crippen molar-refractivity contribution in [2.24, 2.45) is 7.05 Å². The SMILES string of the molecule is COc1ccc(CNCc2ncn(C)n2)c(F)c1. The molecule has 1 heterocycles. The highest BCUT2D eigenvalue weighted by molar-refractivity contribution is 5.28. The highest BCUT2D eigenvalue weighted by Crippen LogP contribution is 2.15. The number of aryl methyl sites for hydroxylation is 1. The molecule has 0 aliphatic rings. The molecule has 1 aromatic heterocycles. The normalized spacial score (nSPS) is 10.6. The van der Waals surface area contributed by atoms with Gasteiger partial charge in [-0.2, -0.15) is 5.10 Å². The van der Waals surface area contributed by atoms with Crippen LogP contribution in [0.5, 0.6) is 5.75 Å². The van der Waals surface area contributed by atoms with Crippen molar-refractivity contribution in [3.63, 3.8) is 0 Å². The van der Waals surface area contributed by atoms with Gasteiger partial charge < -0.3 is 10.1 Å². The molecule has 5 nitrogen and oxygen atoms in total. The van der Waals surface area contributed by atoms with E-state index in [4.69, 9.17) is 4.74 Å². The number of rotatable bonds is 5. The summed E-state index contributed by atoms with van der Waals surface area (Å²) in [5.41, 5.74) is 0.590. The molecular weight excluding hydrogens is 235 g/mol. The van der Waals surface area contributed by atoms with E-state index in [2.05, 4.69) is 15.4 Å². The number of hydrogen-bond acceptors (Lipinski definition) is 4. The fourth-order valence-electron chi connectivity index (χ4n) is 1.57. The minimum atomic E-state index is -0.282. The van der Waals surface area contributed by atoms with Crippen LogP contribution in [-0.2, 0) is 20.1 Å². The van der Waals surface area contributed by atoms with Gasteiger partial charge in [0.2, 0.25) is 0 Å². The number of aromatic nitrogens is 3. The van der Waals surface area contributed by atoms with Crippen molar-refractivity contribution < 1.29 is 9.13 Å². The van der Waals surface area contributed by atoms with E-state index in [0.717, 1.165) is 0 Å². The van der Waals surface area contributed by atoms with Crippen LogP contribution in [0.1, 0.15) is 11.4 Å². The third kappa shape index (κ3) is 3.04. The Kier molecular flexibility index (Phi) is 3.88. The molecule has 2 aromatic rings. The standard InChI is InChI=1S/C12H15FN4O/c1-17-8-15-12(16-17)7-14-6-9-3-4-10(18-2)5-11(9)13/h3-5,8,14H,6-7H2,1-2H3. The molecule has 0 bridgehead atoms. The van der Waals surface area contributed by atoms with Crippen LogP contribution in [0.25, 0.3) is 0 Å². The van der Waals surface area contributed by atoms with E-state index in [0.29, 0.717) is 30.2 Å². The van der Waals surface area contributed by atoms with Gasteiger partial charge in [-0.15, -0.1) is 0 Å². The molecule has 2 rings (SSSR count). The zero-order valence-corrected chi connectivity index (χ0v) is 10.4. The van der Waals surface area contributed by atoms with Crippen LogP contribution in [0.2, 0.25) is 0 Å². The molecule has 18 heavy (non-hydrogen) atoms. The Bertz CT molecular complexity index is 527. The van der Waals surface area contributed by atoms with Crippen molar-refractivity contribution in [2.75, 3.05) is 7.11 Å². The van der Waals surface area contributed by atoms with Crippen LogP contribution in [0, 0.1) is 5.82 Å². The summed E-state index contributed by atoms with van der Waals surface area (Å²) in [5.74, 6) is 0.921. The first-order valence-corrected chi connectivity index (χ1v) is 5.56. The largest absolute Gasteiger partial charge is 0.497 e. The van der Waals surface area contributed by atoms with Gasteiger partial charge in [0.05, 0.1) is 13.7 Å². The molecule has 0 radical (unpaired) electrons. The Morgan fingerprint density at radius 3 is 2.83 bits per heavy atom. The zero-order chi connectivity index (χ0) is 13.0. The summed E-state index contributed by atoms with van der Waals surface area (Å²) in [4.78, 5) is 4.07. The molecule has 96 valence electrons. The van der Waals surface area contributed by atoms with E-state index in [9.17, 15) is 4.39 Å². The number of halogens is 1. The average molecular weight is 250 g/mol. The van der Waals surface area contributed by atoms with Gasteiger partial charge in [-0.25, -0.2) is 9.37 Å². The van der Waals surface area contributed by atoms with Crippen LogP contribution in [0.15, 0.2) is 24.5 Å². The third-order valence-electron chi connectivity index (χ3n) is 2.51. The molecule has 0 spiro atoms. The monoisotopic (exact) mass is 250 g/mol. The lowest BCUT2D eigenvalue weighted by atomic mass is 10.2. The second-order valence-electron chi connectivity index (χ2n) is 3.90. The van der Waals surface area contributed by atoms with Crippen molar-refractivity contribution >= 4 is 0 Å². The van der Waals surface area contributed by atoms with Crippen LogP contribution in [0.4, 0.5) is 4.39 Å². The Hall–Kier alpha value is -1.95. The van der Waals surface area contributed by atoms with Gasteiger partial charge in [0.1, 0.15) is 17.9 Å². The summed E-state index contributed by atoms with van der Waals surface area (Å²) in [6, 6.07) is 4.81. The van der Waals surface area contributed by atoms with E-state index in [1.807, 2.05) is 0 Å². The van der Waals surface area contributed by atoms with E-state index in [1.54, 1.807) is 30.2 Å². The van der Waals surface area contributed by atoms with E-state index in [-0.39, 0.29) is 5.82 Å². The number of ether oxygens (including phenoxy) is 1. The highest BCUT2D eigenvalue weighted by atomic mass is 19.1. The summed E-state index contributed by atoms with van der Waals surface area (Å²) in [6.07, 6.45) is 1.63. The number of nitrogens with one attached hydrogen (secondary N) is 1. The van der Waals surface area contributed by atoms with Crippen LogP contribution >= 0.6 is 0 Å². The number of hydrogen-bond donors (Lipinski definition) is 1. The van der Waals surface area contributed by atoms with Crippen molar-refractivity contribution in [3.8, 4) is 5.75 Å². The molecule has 0 amide bonds. The number of methoxy groups -OCH3 is 1. The first-order valence-electron chi connectivity index (χ1n) is 5.56. The van der Waals surface area contributed by atoms with Gasteiger partial charge in [0, 0.05) is 25.2 Å². The van der Waals surface area contributed by atoms with E-state index < -0.39 is 0 Å². The van der Waals surface area contributed by atoms with Crippen molar-refractivity contribution in [2.45, 2.75) is 13.1 Å². The smallest absolute Gasteiger partial charge is 0.164 e. The molecule has 1 aromatic carbocycles. The molecule has 0 saturated heterocycles. The minimum Gasteiger partial charge on any atom is -0.497 e. The topological polar surface area (TPSA) is 52.0 Å². The first-order chi connectivity index (χ1) is 8.69. The van der Waals surface area contributed by atoms with Crippen LogP contribution in [-0.4, -0.2) is 21.9 Å². The Labute approximate surface area is 105 Å². The Morgan fingerprint density at radius 2 is 2.22 bits per heavy atom. The van der Waals surface area contributed by atoms with Gasteiger partial charge >= 0.3 is 0 Å². The lowest BCUT2D eigenvalue weighted by molar-refractivity contribution is 0.410. The fraction of sp³-hybridized carbons (Fsp3) is 0.333. The quantitative estimate of drug-likeness (QED) is 0.867.